The first-order valence-electron chi connectivity index (χ1n) is 5.30. The van der Waals surface area contributed by atoms with E-state index in [4.69, 9.17) is 0 Å². The molecule has 3 rings (SSSR count). The van der Waals surface area contributed by atoms with Crippen molar-refractivity contribution in [1.29, 1.82) is 0 Å². The molecule has 3 heterocycles. The summed E-state index contributed by atoms with van der Waals surface area (Å²) in [5.41, 5.74) is 1.90. The second-order valence-corrected chi connectivity index (χ2v) is 4.75. The van der Waals surface area contributed by atoms with Gasteiger partial charge < -0.3 is 0 Å². The average Bonchev–Trinajstić information content (AvgIpc) is 2.67. The van der Waals surface area contributed by atoms with Crippen molar-refractivity contribution in [3.05, 3.63) is 52.8 Å². The molecule has 0 saturated heterocycles. The average molecular weight is 307 g/mol. The minimum atomic E-state index is -0.554. The van der Waals surface area contributed by atoms with Gasteiger partial charge in [-0.2, -0.15) is 4.39 Å². The van der Waals surface area contributed by atoms with E-state index in [0.29, 0.717) is 12.1 Å². The lowest BCUT2D eigenvalue weighted by Crippen LogP contribution is -2.02. The van der Waals surface area contributed by atoms with E-state index >= 15 is 0 Å². The van der Waals surface area contributed by atoms with Crippen LogP contribution in [0.15, 0.2) is 41.3 Å². The molecule has 18 heavy (non-hydrogen) atoms. The Labute approximate surface area is 111 Å². The highest BCUT2D eigenvalue weighted by Gasteiger charge is 2.12. The van der Waals surface area contributed by atoms with Crippen molar-refractivity contribution in [3.8, 4) is 0 Å². The summed E-state index contributed by atoms with van der Waals surface area (Å²) in [6, 6.07) is 5.56. The smallest absolute Gasteiger partial charge is 0.258 e. The number of halogens is 2. The van der Waals surface area contributed by atoms with Gasteiger partial charge in [-0.15, -0.1) is 5.10 Å². The van der Waals surface area contributed by atoms with Gasteiger partial charge in [-0.1, -0.05) is 6.07 Å². The van der Waals surface area contributed by atoms with Crippen LogP contribution in [0.3, 0.4) is 0 Å². The third-order valence-corrected chi connectivity index (χ3v) is 3.01. The first kappa shape index (κ1) is 11.3. The summed E-state index contributed by atoms with van der Waals surface area (Å²) in [5.74, 6) is -0.554. The molecule has 0 aliphatic carbocycles. The molecular formula is C12H8BrFN4. The van der Waals surface area contributed by atoms with Gasteiger partial charge in [0.1, 0.15) is 5.52 Å². The Bertz CT molecular complexity index is 696. The molecular weight excluding hydrogens is 299 g/mol. The first-order valence-corrected chi connectivity index (χ1v) is 6.10. The Balaban J connectivity index is 2.09. The summed E-state index contributed by atoms with van der Waals surface area (Å²) >= 11 is 3.32. The zero-order valence-corrected chi connectivity index (χ0v) is 10.8. The van der Waals surface area contributed by atoms with Crippen LogP contribution in [0.1, 0.15) is 5.56 Å². The molecule has 0 saturated carbocycles. The lowest BCUT2D eigenvalue weighted by molar-refractivity contribution is 0.547. The van der Waals surface area contributed by atoms with Crippen LogP contribution < -0.4 is 0 Å². The molecule has 3 aromatic heterocycles. The van der Waals surface area contributed by atoms with Crippen molar-refractivity contribution >= 4 is 27.0 Å². The minimum absolute atomic E-state index is 0.280. The zero-order valence-electron chi connectivity index (χ0n) is 9.22. The van der Waals surface area contributed by atoms with Crippen LogP contribution in [0, 0.1) is 5.95 Å². The number of hydrogen-bond acceptors (Lipinski definition) is 3. The Hall–Kier alpha value is -1.82. The van der Waals surface area contributed by atoms with Gasteiger partial charge in [-0.25, -0.2) is 4.98 Å². The maximum Gasteiger partial charge on any atom is 0.258 e. The molecule has 0 atom stereocenters. The number of rotatable bonds is 2. The molecule has 0 N–H and O–H groups in total. The third kappa shape index (κ3) is 1.99. The SMILES string of the molecule is Fc1nn(Cc2cccnc2)c2cc(Br)cnc12. The Kier molecular flexibility index (Phi) is 2.79. The highest BCUT2D eigenvalue weighted by Crippen LogP contribution is 2.20. The van der Waals surface area contributed by atoms with Gasteiger partial charge in [0.2, 0.25) is 0 Å². The number of fused-ring (bicyclic) bond motifs is 1. The summed E-state index contributed by atoms with van der Waals surface area (Å²) < 4.78 is 16.0. The molecule has 0 radical (unpaired) electrons. The predicted octanol–water partition coefficient (Wildman–Crippen LogP) is 2.78. The molecule has 0 aliphatic rings. The standard InChI is InChI=1S/C12H8BrFN4/c13-9-4-10-11(16-6-9)12(14)17-18(10)7-8-2-1-3-15-5-8/h1-6H,7H2. The molecule has 0 fully saturated rings. The van der Waals surface area contributed by atoms with E-state index in [1.54, 1.807) is 29.3 Å². The van der Waals surface area contributed by atoms with Gasteiger partial charge in [0.15, 0.2) is 0 Å². The second kappa shape index (κ2) is 4.45. The summed E-state index contributed by atoms with van der Waals surface area (Å²) in [6.45, 7) is 0.465. The third-order valence-electron chi connectivity index (χ3n) is 2.57. The first-order chi connectivity index (χ1) is 8.74. The number of aromatic nitrogens is 4. The fourth-order valence-corrected chi connectivity index (χ4v) is 2.10. The second-order valence-electron chi connectivity index (χ2n) is 3.83. The van der Waals surface area contributed by atoms with Crippen LogP contribution in [0.25, 0.3) is 11.0 Å². The van der Waals surface area contributed by atoms with Crippen molar-refractivity contribution in [3.63, 3.8) is 0 Å². The predicted molar refractivity (Wildman–Crippen MR) is 68.5 cm³/mol. The highest BCUT2D eigenvalue weighted by atomic mass is 79.9. The van der Waals surface area contributed by atoms with E-state index in [-0.39, 0.29) is 5.52 Å². The lowest BCUT2D eigenvalue weighted by atomic mass is 10.3. The molecule has 0 bridgehead atoms. The molecule has 3 aromatic rings. The van der Waals surface area contributed by atoms with Crippen LogP contribution in [0.2, 0.25) is 0 Å². The largest absolute Gasteiger partial charge is 0.264 e. The van der Waals surface area contributed by atoms with Gasteiger partial charge in [-0.3, -0.25) is 9.67 Å². The summed E-state index contributed by atoms with van der Waals surface area (Å²) in [5, 5.41) is 3.87. The van der Waals surface area contributed by atoms with E-state index in [2.05, 4.69) is 31.0 Å². The van der Waals surface area contributed by atoms with Gasteiger partial charge in [0.05, 0.1) is 12.1 Å². The van der Waals surface area contributed by atoms with Crippen LogP contribution in [0.5, 0.6) is 0 Å². The summed E-state index contributed by atoms with van der Waals surface area (Å²) in [7, 11) is 0. The van der Waals surface area contributed by atoms with Crippen molar-refractivity contribution in [1.82, 2.24) is 19.7 Å². The van der Waals surface area contributed by atoms with Crippen LogP contribution in [-0.4, -0.2) is 19.7 Å². The topological polar surface area (TPSA) is 43.6 Å². The van der Waals surface area contributed by atoms with E-state index in [1.165, 1.54) is 0 Å². The fraction of sp³-hybridized carbons (Fsp3) is 0.0833. The molecule has 90 valence electrons. The maximum absolute atomic E-state index is 13.6. The molecule has 0 aliphatic heterocycles. The Morgan fingerprint density at radius 1 is 1.33 bits per heavy atom. The maximum atomic E-state index is 13.6. The number of hydrogen-bond donors (Lipinski definition) is 0. The van der Waals surface area contributed by atoms with Crippen molar-refractivity contribution in [2.24, 2.45) is 0 Å². The van der Waals surface area contributed by atoms with Gasteiger partial charge in [0, 0.05) is 23.1 Å². The van der Waals surface area contributed by atoms with E-state index in [1.807, 2.05) is 12.1 Å². The molecule has 0 spiro atoms. The molecule has 0 aromatic carbocycles. The van der Waals surface area contributed by atoms with E-state index in [0.717, 1.165) is 10.0 Å². The summed E-state index contributed by atoms with van der Waals surface area (Å²) in [6.07, 6.45) is 4.99. The monoisotopic (exact) mass is 306 g/mol. The van der Waals surface area contributed by atoms with Gasteiger partial charge in [-0.05, 0) is 33.6 Å². The van der Waals surface area contributed by atoms with E-state index < -0.39 is 5.95 Å². The van der Waals surface area contributed by atoms with Crippen LogP contribution >= 0.6 is 15.9 Å². The molecule has 4 nitrogen and oxygen atoms in total. The fourth-order valence-electron chi connectivity index (χ4n) is 1.78. The van der Waals surface area contributed by atoms with E-state index in [9.17, 15) is 4.39 Å². The van der Waals surface area contributed by atoms with Crippen molar-refractivity contribution in [2.45, 2.75) is 6.54 Å². The number of nitrogens with zero attached hydrogens (tertiary/aromatic N) is 4. The zero-order chi connectivity index (χ0) is 12.5. The van der Waals surface area contributed by atoms with Crippen LogP contribution in [-0.2, 0) is 6.54 Å². The number of pyridine rings is 2. The summed E-state index contributed by atoms with van der Waals surface area (Å²) in [4.78, 5) is 8.05. The quantitative estimate of drug-likeness (QED) is 0.731. The molecule has 0 unspecified atom stereocenters. The normalized spacial score (nSPS) is 11.0. The van der Waals surface area contributed by atoms with Gasteiger partial charge >= 0.3 is 0 Å². The van der Waals surface area contributed by atoms with Crippen LogP contribution in [0.4, 0.5) is 4.39 Å². The minimum Gasteiger partial charge on any atom is -0.264 e. The van der Waals surface area contributed by atoms with Crippen molar-refractivity contribution in [2.75, 3.05) is 0 Å². The Morgan fingerprint density at radius 3 is 3.00 bits per heavy atom. The molecule has 0 amide bonds. The van der Waals surface area contributed by atoms with Crippen molar-refractivity contribution < 1.29 is 4.39 Å². The Morgan fingerprint density at radius 2 is 2.22 bits per heavy atom. The highest BCUT2D eigenvalue weighted by molar-refractivity contribution is 9.10. The lowest BCUT2D eigenvalue weighted by Gasteiger charge is -2.02. The van der Waals surface area contributed by atoms with Gasteiger partial charge in [0.25, 0.3) is 5.95 Å². The molecule has 6 heteroatoms.